The van der Waals surface area contributed by atoms with Crippen LogP contribution in [-0.4, -0.2) is 56.6 Å². The molecule has 2 aromatic rings. The Morgan fingerprint density at radius 3 is 2.42 bits per heavy atom. The number of sulfone groups is 1. The van der Waals surface area contributed by atoms with Crippen molar-refractivity contribution in [3.05, 3.63) is 63.2 Å². The summed E-state index contributed by atoms with van der Waals surface area (Å²) in [5.41, 5.74) is 1.12. The molecule has 2 fully saturated rings. The summed E-state index contributed by atoms with van der Waals surface area (Å²) in [6.07, 6.45) is 1.80. The average molecular weight is 464 g/mol. The number of piperazine rings is 1. The fraction of sp³-hybridized carbons (Fsp3) is 0.381. The van der Waals surface area contributed by atoms with Crippen molar-refractivity contribution in [3.8, 4) is 0 Å². The lowest BCUT2D eigenvalue weighted by atomic mass is 10.1. The van der Waals surface area contributed by atoms with Crippen LogP contribution in [0.25, 0.3) is 0 Å². The minimum absolute atomic E-state index is 0.0742. The predicted molar refractivity (Wildman–Crippen MR) is 117 cm³/mol. The highest BCUT2D eigenvalue weighted by molar-refractivity contribution is 7.90. The summed E-state index contributed by atoms with van der Waals surface area (Å²) in [6.45, 7) is 1.79. The van der Waals surface area contributed by atoms with Crippen molar-refractivity contribution in [3.63, 3.8) is 0 Å². The standard InChI is InChI=1S/C21H22ClN3O5S/c1-31(29,30)14-6-7-19(20(12-14)25(27)28)23-8-10-24(11-9-23)21(26)17-13-16(17)15-4-2-3-5-18(15)22/h2-7,12,16-17H,8-11,13H2,1H3. The summed E-state index contributed by atoms with van der Waals surface area (Å²) in [7, 11) is -3.55. The molecule has 1 heterocycles. The molecule has 0 spiro atoms. The Hall–Kier alpha value is -2.65. The Morgan fingerprint density at radius 1 is 1.13 bits per heavy atom. The van der Waals surface area contributed by atoms with E-state index >= 15 is 0 Å². The molecular weight excluding hydrogens is 442 g/mol. The van der Waals surface area contributed by atoms with Gasteiger partial charge in [0.2, 0.25) is 5.91 Å². The highest BCUT2D eigenvalue weighted by atomic mass is 35.5. The number of hydrogen-bond donors (Lipinski definition) is 0. The average Bonchev–Trinajstić information content (AvgIpc) is 3.53. The molecule has 4 rings (SSSR count). The van der Waals surface area contributed by atoms with E-state index in [9.17, 15) is 23.3 Å². The van der Waals surface area contributed by atoms with Gasteiger partial charge < -0.3 is 9.80 Å². The minimum Gasteiger partial charge on any atom is -0.362 e. The molecule has 2 unspecified atom stereocenters. The number of carbonyl (C=O) groups excluding carboxylic acids is 1. The largest absolute Gasteiger partial charge is 0.362 e. The zero-order valence-corrected chi connectivity index (χ0v) is 18.5. The molecule has 1 saturated carbocycles. The Kier molecular flexibility index (Phi) is 5.65. The van der Waals surface area contributed by atoms with Gasteiger partial charge in [0.15, 0.2) is 9.84 Å². The summed E-state index contributed by atoms with van der Waals surface area (Å²) >= 11 is 6.26. The summed E-state index contributed by atoms with van der Waals surface area (Å²) in [5, 5.41) is 12.2. The van der Waals surface area contributed by atoms with Gasteiger partial charge in [-0.25, -0.2) is 8.42 Å². The van der Waals surface area contributed by atoms with Crippen LogP contribution < -0.4 is 4.90 Å². The first-order valence-corrected chi connectivity index (χ1v) is 12.2. The van der Waals surface area contributed by atoms with E-state index in [2.05, 4.69) is 0 Å². The van der Waals surface area contributed by atoms with Crippen LogP contribution in [0.2, 0.25) is 5.02 Å². The van der Waals surface area contributed by atoms with E-state index in [-0.39, 0.29) is 28.3 Å². The number of rotatable bonds is 5. The van der Waals surface area contributed by atoms with E-state index in [4.69, 9.17) is 11.6 Å². The molecule has 2 aliphatic rings. The zero-order valence-electron chi connectivity index (χ0n) is 16.9. The molecule has 10 heteroatoms. The smallest absolute Gasteiger partial charge is 0.293 e. The van der Waals surface area contributed by atoms with Gasteiger partial charge in [0.25, 0.3) is 5.69 Å². The van der Waals surface area contributed by atoms with E-state index in [1.165, 1.54) is 12.1 Å². The van der Waals surface area contributed by atoms with Gasteiger partial charge in [-0.2, -0.15) is 0 Å². The Balaban J connectivity index is 1.43. The van der Waals surface area contributed by atoms with E-state index in [1.807, 2.05) is 29.2 Å². The quantitative estimate of drug-likeness (QED) is 0.499. The fourth-order valence-electron chi connectivity index (χ4n) is 4.14. The number of halogens is 1. The molecule has 2 aromatic carbocycles. The third kappa shape index (κ3) is 4.38. The van der Waals surface area contributed by atoms with Crippen molar-refractivity contribution < 1.29 is 18.1 Å². The first-order chi connectivity index (χ1) is 14.7. The normalized spacial score (nSPS) is 21.1. The lowest BCUT2D eigenvalue weighted by Crippen LogP contribution is -2.49. The van der Waals surface area contributed by atoms with Crippen molar-refractivity contribution in [2.45, 2.75) is 17.2 Å². The van der Waals surface area contributed by atoms with Gasteiger partial charge in [0, 0.05) is 49.4 Å². The first kappa shape index (κ1) is 21.6. The van der Waals surface area contributed by atoms with E-state index in [0.717, 1.165) is 24.3 Å². The monoisotopic (exact) mass is 463 g/mol. The molecular formula is C21H22ClN3O5S. The molecule has 1 aliphatic carbocycles. The maximum atomic E-state index is 12.9. The number of nitro groups is 1. The van der Waals surface area contributed by atoms with Crippen LogP contribution >= 0.6 is 11.6 Å². The second-order valence-corrected chi connectivity index (χ2v) is 10.4. The van der Waals surface area contributed by atoms with Gasteiger partial charge in [-0.1, -0.05) is 29.8 Å². The lowest BCUT2D eigenvalue weighted by molar-refractivity contribution is -0.384. The first-order valence-electron chi connectivity index (χ1n) is 9.93. The highest BCUT2D eigenvalue weighted by Gasteiger charge is 2.46. The number of anilines is 1. The molecule has 1 aliphatic heterocycles. The topological polar surface area (TPSA) is 101 Å². The second-order valence-electron chi connectivity index (χ2n) is 7.96. The van der Waals surface area contributed by atoms with Crippen LogP contribution in [0.3, 0.4) is 0 Å². The van der Waals surface area contributed by atoms with Gasteiger partial charge in [0.1, 0.15) is 5.69 Å². The number of benzene rings is 2. The molecule has 0 aromatic heterocycles. The third-order valence-electron chi connectivity index (χ3n) is 5.92. The lowest BCUT2D eigenvalue weighted by Gasteiger charge is -2.36. The molecule has 0 radical (unpaired) electrons. The number of hydrogen-bond acceptors (Lipinski definition) is 6. The van der Waals surface area contributed by atoms with E-state index < -0.39 is 14.8 Å². The molecule has 164 valence electrons. The van der Waals surface area contributed by atoms with Crippen LogP contribution in [0, 0.1) is 16.0 Å². The van der Waals surface area contributed by atoms with Crippen molar-refractivity contribution >= 4 is 38.7 Å². The van der Waals surface area contributed by atoms with Gasteiger partial charge in [-0.05, 0) is 36.1 Å². The van der Waals surface area contributed by atoms with Gasteiger partial charge in [-0.15, -0.1) is 0 Å². The number of carbonyl (C=O) groups is 1. The number of nitro benzene ring substituents is 1. The SMILES string of the molecule is CS(=O)(=O)c1ccc(N2CCN(C(=O)C3CC3c3ccccc3Cl)CC2)c([N+](=O)[O-])c1. The van der Waals surface area contributed by atoms with Crippen LogP contribution in [-0.2, 0) is 14.6 Å². The maximum Gasteiger partial charge on any atom is 0.293 e. The Bertz CT molecular complexity index is 1150. The minimum atomic E-state index is -3.55. The fourth-order valence-corrected chi connectivity index (χ4v) is 5.05. The molecule has 0 N–H and O–H groups in total. The van der Waals surface area contributed by atoms with Crippen LogP contribution in [0.15, 0.2) is 47.4 Å². The Morgan fingerprint density at radius 2 is 1.81 bits per heavy atom. The number of nitrogens with zero attached hydrogens (tertiary/aromatic N) is 3. The molecule has 0 bridgehead atoms. The van der Waals surface area contributed by atoms with E-state index in [0.29, 0.717) is 36.9 Å². The van der Waals surface area contributed by atoms with Crippen LogP contribution in [0.4, 0.5) is 11.4 Å². The highest BCUT2D eigenvalue weighted by Crippen LogP contribution is 2.50. The molecule has 1 amide bonds. The Labute approximate surface area is 185 Å². The second kappa shape index (κ2) is 8.12. The van der Waals surface area contributed by atoms with Gasteiger partial charge in [0.05, 0.1) is 9.82 Å². The third-order valence-corrected chi connectivity index (χ3v) is 7.37. The number of amides is 1. The summed E-state index contributed by atoms with van der Waals surface area (Å²) < 4.78 is 23.5. The summed E-state index contributed by atoms with van der Waals surface area (Å²) in [4.78, 5) is 27.4. The molecule has 1 saturated heterocycles. The van der Waals surface area contributed by atoms with Crippen LogP contribution in [0.5, 0.6) is 0 Å². The predicted octanol–water partition coefficient (Wildman–Crippen LogP) is 3.10. The van der Waals surface area contributed by atoms with E-state index in [1.54, 1.807) is 4.90 Å². The molecule has 2 atom stereocenters. The van der Waals surface area contributed by atoms with Gasteiger partial charge in [-0.3, -0.25) is 14.9 Å². The van der Waals surface area contributed by atoms with Crippen molar-refractivity contribution in [1.29, 1.82) is 0 Å². The summed E-state index contributed by atoms with van der Waals surface area (Å²) in [6, 6.07) is 11.5. The van der Waals surface area contributed by atoms with Crippen LogP contribution in [0.1, 0.15) is 17.9 Å². The molecule has 8 nitrogen and oxygen atoms in total. The van der Waals surface area contributed by atoms with Gasteiger partial charge >= 0.3 is 0 Å². The van der Waals surface area contributed by atoms with Crippen molar-refractivity contribution in [2.24, 2.45) is 5.92 Å². The summed E-state index contributed by atoms with van der Waals surface area (Å²) in [5.74, 6) is 0.158. The van der Waals surface area contributed by atoms with Crippen molar-refractivity contribution in [1.82, 2.24) is 4.90 Å². The maximum absolute atomic E-state index is 12.9. The molecule has 31 heavy (non-hydrogen) atoms. The van der Waals surface area contributed by atoms with Crippen molar-refractivity contribution in [2.75, 3.05) is 37.3 Å². The zero-order chi connectivity index (χ0) is 22.3.